The first kappa shape index (κ1) is 59.0. The molecule has 0 radical (unpaired) electrons. The SMILES string of the molecule is C[C@H](NC(=O)CCCCCn1c2ccccc2c(=O)c2ccccc21)C(=O)N[C@@H](C)C(=O)N[C@@H](Cc1ccccc1)C(=O)N[C@@H](Cc1ccccc1)C(=O)N[C@@H](C)C(=O)N[C@@H](C)C(=O)N[C@@H](Cc1ccc([N+](=O)[O-])cc1)C(=O)O. The van der Waals surface area contributed by atoms with Gasteiger partial charge < -0.3 is 46.9 Å². The standard InChI is InChI=1S/C58H65N9O12/c1-35(59-50(68)26-12-7-17-31-66-48-24-15-13-22-43(48)51(69)44-23-14-16-25-49(44)66)52(70)60-37(3)54(72)63-46(33-40-20-10-6-11-21-40)57(75)64-45(32-39-18-8-5-9-19-39)56(74)62-36(2)53(71)61-38(4)55(73)65-47(58(76)77)34-41-27-29-42(30-28-41)67(78)79/h5-6,8-11,13-16,18-25,27-30,35-38,45-47H,7,12,17,26,31-34H2,1-4H3,(H,59,68)(H,60,70)(H,61,71)(H,62,74)(H,63,72)(H,64,75)(H,65,73)(H,76,77)/t35-,36-,37-,38-,45-,46-,47-/m0/s1. The Kier molecular flexibility index (Phi) is 21.1. The third-order valence-corrected chi connectivity index (χ3v) is 13.2. The van der Waals surface area contributed by atoms with Gasteiger partial charge in [0.1, 0.15) is 42.3 Å². The smallest absolute Gasteiger partial charge is 0.326 e. The number of pyridine rings is 1. The lowest BCUT2D eigenvalue weighted by atomic mass is 10.0. The highest BCUT2D eigenvalue weighted by molar-refractivity contribution is 5.98. The van der Waals surface area contributed by atoms with Crippen LogP contribution in [0.1, 0.15) is 70.1 Å². The van der Waals surface area contributed by atoms with Crippen molar-refractivity contribution < 1.29 is 48.4 Å². The monoisotopic (exact) mass is 1080 g/mol. The number of fused-ring (bicyclic) bond motifs is 2. The molecule has 0 fully saturated rings. The van der Waals surface area contributed by atoms with Gasteiger partial charge in [0.25, 0.3) is 5.69 Å². The molecule has 6 aromatic rings. The van der Waals surface area contributed by atoms with Gasteiger partial charge in [-0.1, -0.05) is 103 Å². The number of rotatable bonds is 27. The van der Waals surface area contributed by atoms with Crippen LogP contribution in [0, 0.1) is 10.1 Å². The number of carbonyl (C=O) groups is 8. The summed E-state index contributed by atoms with van der Waals surface area (Å²) < 4.78 is 2.12. The molecule has 1 aromatic heterocycles. The molecular weight excluding hydrogens is 1010 g/mol. The van der Waals surface area contributed by atoms with Crippen LogP contribution in [0.4, 0.5) is 5.69 Å². The van der Waals surface area contributed by atoms with E-state index in [0.717, 1.165) is 17.5 Å². The molecule has 79 heavy (non-hydrogen) atoms. The van der Waals surface area contributed by atoms with Crippen molar-refractivity contribution in [1.82, 2.24) is 41.8 Å². The minimum atomic E-state index is -1.45. The molecule has 0 unspecified atom stereocenters. The molecule has 0 saturated carbocycles. The number of para-hydroxylation sites is 2. The number of aryl methyl sites for hydroxylation is 1. The van der Waals surface area contributed by atoms with Crippen molar-refractivity contribution >= 4 is 74.8 Å². The fourth-order valence-corrected chi connectivity index (χ4v) is 8.79. The summed E-state index contributed by atoms with van der Waals surface area (Å²) in [6.45, 7) is 6.19. The second-order valence-corrected chi connectivity index (χ2v) is 19.3. The van der Waals surface area contributed by atoms with Gasteiger partial charge in [0.2, 0.25) is 41.4 Å². The topological polar surface area (TPSA) is 306 Å². The summed E-state index contributed by atoms with van der Waals surface area (Å²) in [6.07, 6.45) is 1.83. The number of benzene rings is 5. The minimum absolute atomic E-state index is 0.0207. The zero-order chi connectivity index (χ0) is 57.2. The number of non-ortho nitro benzene ring substituents is 1. The van der Waals surface area contributed by atoms with Crippen molar-refractivity contribution in [3.05, 3.63) is 170 Å². The van der Waals surface area contributed by atoms with Crippen LogP contribution in [0.3, 0.4) is 0 Å². The Labute approximate surface area is 455 Å². The van der Waals surface area contributed by atoms with E-state index in [-0.39, 0.29) is 42.7 Å². The maximum Gasteiger partial charge on any atom is 0.326 e. The number of amides is 7. The largest absolute Gasteiger partial charge is 0.480 e. The number of nitro benzene ring substituents is 1. The predicted molar refractivity (Wildman–Crippen MR) is 295 cm³/mol. The molecule has 21 heteroatoms. The lowest BCUT2D eigenvalue weighted by Gasteiger charge is -2.26. The van der Waals surface area contributed by atoms with Crippen molar-refractivity contribution in [2.75, 3.05) is 0 Å². The maximum atomic E-state index is 14.3. The van der Waals surface area contributed by atoms with Crippen LogP contribution in [0.5, 0.6) is 0 Å². The summed E-state index contributed by atoms with van der Waals surface area (Å²) in [5.74, 6) is -6.36. The maximum absolute atomic E-state index is 14.3. The van der Waals surface area contributed by atoms with Crippen LogP contribution in [0.25, 0.3) is 21.8 Å². The normalized spacial score (nSPS) is 13.7. The molecular formula is C58H65N9O12. The number of aromatic nitrogens is 1. The van der Waals surface area contributed by atoms with Crippen LogP contribution < -0.4 is 42.6 Å². The number of nitrogens with zero attached hydrogens (tertiary/aromatic N) is 2. The van der Waals surface area contributed by atoms with Crippen LogP contribution in [0.15, 0.2) is 138 Å². The molecule has 21 nitrogen and oxygen atoms in total. The fourth-order valence-electron chi connectivity index (χ4n) is 8.79. The summed E-state index contributed by atoms with van der Waals surface area (Å²) in [5, 5.41) is 40.2. The van der Waals surface area contributed by atoms with E-state index in [9.17, 15) is 58.4 Å². The molecule has 7 atom stereocenters. The molecule has 0 spiro atoms. The van der Waals surface area contributed by atoms with E-state index in [1.165, 1.54) is 52.0 Å². The highest BCUT2D eigenvalue weighted by atomic mass is 16.6. The molecule has 1 heterocycles. The molecule has 0 saturated heterocycles. The van der Waals surface area contributed by atoms with Gasteiger partial charge >= 0.3 is 5.97 Å². The summed E-state index contributed by atoms with van der Waals surface area (Å²) >= 11 is 0. The van der Waals surface area contributed by atoms with Crippen molar-refractivity contribution in [3.63, 3.8) is 0 Å². The number of aliphatic carboxylic acids is 1. The number of hydrogen-bond acceptors (Lipinski definition) is 11. The lowest BCUT2D eigenvalue weighted by molar-refractivity contribution is -0.384. The van der Waals surface area contributed by atoms with Crippen molar-refractivity contribution in [2.45, 2.75) is 121 Å². The van der Waals surface area contributed by atoms with Crippen molar-refractivity contribution in [3.8, 4) is 0 Å². The second kappa shape index (κ2) is 28.2. The number of carbonyl (C=O) groups excluding carboxylic acids is 7. The molecule has 5 aromatic carbocycles. The second-order valence-electron chi connectivity index (χ2n) is 19.3. The van der Waals surface area contributed by atoms with Gasteiger partial charge in [-0.25, -0.2) is 4.79 Å². The lowest BCUT2D eigenvalue weighted by Crippen LogP contribution is -2.59. The van der Waals surface area contributed by atoms with Crippen LogP contribution in [0.2, 0.25) is 0 Å². The Bertz CT molecular complexity index is 3170. The molecule has 414 valence electrons. The first-order valence-corrected chi connectivity index (χ1v) is 26.0. The Morgan fingerprint density at radius 1 is 0.468 bits per heavy atom. The fraction of sp³-hybridized carbons (Fsp3) is 0.328. The molecule has 0 bridgehead atoms. The number of unbranched alkanes of at least 4 members (excludes halogenated alkanes) is 2. The summed E-state index contributed by atoms with van der Waals surface area (Å²) in [4.78, 5) is 130. The number of hydrogen-bond donors (Lipinski definition) is 8. The molecule has 7 amide bonds. The predicted octanol–water partition coefficient (Wildman–Crippen LogP) is 3.91. The van der Waals surface area contributed by atoms with Crippen molar-refractivity contribution in [2.24, 2.45) is 0 Å². The third-order valence-electron chi connectivity index (χ3n) is 13.2. The number of nitrogens with one attached hydrogen (secondary N) is 7. The Balaban J connectivity index is 1.02. The van der Waals surface area contributed by atoms with E-state index >= 15 is 0 Å². The van der Waals surface area contributed by atoms with Gasteiger partial charge in [-0.2, -0.15) is 0 Å². The molecule has 0 aliphatic heterocycles. The zero-order valence-corrected chi connectivity index (χ0v) is 44.2. The van der Waals surface area contributed by atoms with Gasteiger partial charge in [0.05, 0.1) is 16.0 Å². The van der Waals surface area contributed by atoms with Crippen LogP contribution >= 0.6 is 0 Å². The number of nitro groups is 1. The van der Waals surface area contributed by atoms with Crippen LogP contribution in [-0.2, 0) is 64.2 Å². The van der Waals surface area contributed by atoms with E-state index < -0.39 is 88.6 Å². The van der Waals surface area contributed by atoms with Crippen molar-refractivity contribution in [1.29, 1.82) is 0 Å². The summed E-state index contributed by atoms with van der Waals surface area (Å²) in [6, 6.07) is 28.7. The summed E-state index contributed by atoms with van der Waals surface area (Å²) in [7, 11) is 0. The molecule has 6 rings (SSSR count). The van der Waals surface area contributed by atoms with E-state index in [2.05, 4.69) is 41.8 Å². The Morgan fingerprint density at radius 2 is 0.848 bits per heavy atom. The van der Waals surface area contributed by atoms with E-state index in [0.29, 0.717) is 46.8 Å². The number of carboxylic acid groups (broad SMARTS) is 1. The minimum Gasteiger partial charge on any atom is -0.480 e. The Morgan fingerprint density at radius 3 is 1.33 bits per heavy atom. The van der Waals surface area contributed by atoms with Gasteiger partial charge in [-0.05, 0) is 81.5 Å². The van der Waals surface area contributed by atoms with E-state index in [4.69, 9.17) is 0 Å². The first-order chi connectivity index (χ1) is 37.8. The summed E-state index contributed by atoms with van der Waals surface area (Å²) in [5.41, 5.74) is 3.14. The van der Waals surface area contributed by atoms with Gasteiger partial charge in [-0.3, -0.25) is 48.5 Å². The highest BCUT2D eigenvalue weighted by Gasteiger charge is 2.32. The average Bonchev–Trinajstić information content (AvgIpc) is 3.54. The zero-order valence-electron chi connectivity index (χ0n) is 44.2. The quantitative estimate of drug-likeness (QED) is 0.0158. The number of carboxylic acids is 1. The molecule has 0 aliphatic rings. The van der Waals surface area contributed by atoms with Gasteiger partial charge in [-0.15, -0.1) is 0 Å². The van der Waals surface area contributed by atoms with Gasteiger partial charge in [0.15, 0.2) is 5.43 Å². The highest BCUT2D eigenvalue weighted by Crippen LogP contribution is 2.21. The third kappa shape index (κ3) is 16.9. The van der Waals surface area contributed by atoms with Gasteiger partial charge in [0, 0.05) is 55.1 Å². The average molecular weight is 1080 g/mol. The first-order valence-electron chi connectivity index (χ1n) is 26.0. The van der Waals surface area contributed by atoms with Crippen LogP contribution in [-0.4, -0.2) is 104 Å². The molecule has 8 N–H and O–H groups in total. The van der Waals surface area contributed by atoms with E-state index in [1.54, 1.807) is 60.7 Å². The molecule has 0 aliphatic carbocycles. The Hall–Kier alpha value is -9.27. The van der Waals surface area contributed by atoms with E-state index in [1.807, 2.05) is 48.5 Å².